The van der Waals surface area contributed by atoms with Crippen LogP contribution in [0.25, 0.3) is 5.76 Å². The van der Waals surface area contributed by atoms with Gasteiger partial charge in [0.1, 0.15) is 11.5 Å². The van der Waals surface area contributed by atoms with E-state index in [1.807, 2.05) is 0 Å². The number of anilines is 1. The third-order valence-electron chi connectivity index (χ3n) is 4.35. The Morgan fingerprint density at radius 3 is 2.56 bits per heavy atom. The minimum atomic E-state index is -0.858. The largest absolute Gasteiger partial charge is 0.507 e. The van der Waals surface area contributed by atoms with Crippen LogP contribution in [0.1, 0.15) is 22.9 Å². The zero-order valence-corrected chi connectivity index (χ0v) is 14.4. The fourth-order valence-corrected chi connectivity index (χ4v) is 3.14. The molecule has 1 aromatic carbocycles. The van der Waals surface area contributed by atoms with Crippen LogP contribution >= 0.6 is 0 Å². The van der Waals surface area contributed by atoms with Crippen molar-refractivity contribution in [2.24, 2.45) is 0 Å². The molecule has 7 heteroatoms. The lowest BCUT2D eigenvalue weighted by molar-refractivity contribution is -0.132. The standard InChI is InChI=1S/C20H15N3O4/c1-12-10-15(22-27-12)23-17(14-8-5-9-21-11-14)16(19(25)20(23)26)18(24)13-6-3-2-4-7-13/h2-11,17,24H,1H3/t17-/m0/s1. The van der Waals surface area contributed by atoms with Crippen molar-refractivity contribution in [1.82, 2.24) is 10.1 Å². The molecule has 1 atom stereocenters. The van der Waals surface area contributed by atoms with Gasteiger partial charge in [-0.25, -0.2) is 0 Å². The molecule has 1 fully saturated rings. The summed E-state index contributed by atoms with van der Waals surface area (Å²) >= 11 is 0. The van der Waals surface area contributed by atoms with Crippen LogP contribution in [0.5, 0.6) is 0 Å². The maximum atomic E-state index is 12.8. The first kappa shape index (κ1) is 16.7. The van der Waals surface area contributed by atoms with Gasteiger partial charge in [0.2, 0.25) is 0 Å². The molecule has 27 heavy (non-hydrogen) atoms. The number of aromatic nitrogens is 2. The summed E-state index contributed by atoms with van der Waals surface area (Å²) in [7, 11) is 0. The third kappa shape index (κ3) is 2.79. The Morgan fingerprint density at radius 1 is 1.15 bits per heavy atom. The number of amides is 1. The molecule has 0 aliphatic carbocycles. The fraction of sp³-hybridized carbons (Fsp3) is 0.100. The highest BCUT2D eigenvalue weighted by Crippen LogP contribution is 2.41. The molecule has 1 aliphatic heterocycles. The van der Waals surface area contributed by atoms with Gasteiger partial charge in [0, 0.05) is 24.0 Å². The van der Waals surface area contributed by atoms with E-state index in [1.165, 1.54) is 4.90 Å². The van der Waals surface area contributed by atoms with Crippen LogP contribution in [0.3, 0.4) is 0 Å². The molecule has 4 rings (SSSR count). The zero-order valence-electron chi connectivity index (χ0n) is 14.4. The van der Waals surface area contributed by atoms with Gasteiger partial charge in [0.25, 0.3) is 5.78 Å². The lowest BCUT2D eigenvalue weighted by atomic mass is 9.96. The number of aliphatic hydroxyl groups is 1. The Kier molecular flexibility index (Phi) is 4.04. The SMILES string of the molecule is Cc1cc(N2C(=O)C(=O)C(=C(O)c3ccccc3)[C@@H]2c2cccnc2)no1. The van der Waals surface area contributed by atoms with E-state index in [0.29, 0.717) is 16.9 Å². The van der Waals surface area contributed by atoms with Gasteiger partial charge in [-0.2, -0.15) is 0 Å². The molecule has 1 N–H and O–H groups in total. The highest BCUT2D eigenvalue weighted by molar-refractivity contribution is 6.51. The molecule has 0 unspecified atom stereocenters. The van der Waals surface area contributed by atoms with Crippen molar-refractivity contribution in [3.63, 3.8) is 0 Å². The number of hydrogen-bond acceptors (Lipinski definition) is 6. The zero-order chi connectivity index (χ0) is 19.0. The van der Waals surface area contributed by atoms with Gasteiger partial charge in [-0.15, -0.1) is 0 Å². The first-order valence-corrected chi connectivity index (χ1v) is 8.27. The van der Waals surface area contributed by atoms with Gasteiger partial charge >= 0.3 is 5.91 Å². The van der Waals surface area contributed by atoms with Crippen LogP contribution in [0.4, 0.5) is 5.82 Å². The number of rotatable bonds is 3. The van der Waals surface area contributed by atoms with E-state index in [2.05, 4.69) is 10.1 Å². The second-order valence-electron chi connectivity index (χ2n) is 6.12. The van der Waals surface area contributed by atoms with Crippen LogP contribution < -0.4 is 4.90 Å². The highest BCUT2D eigenvalue weighted by atomic mass is 16.5. The lowest BCUT2D eigenvalue weighted by Crippen LogP contribution is -2.29. The third-order valence-corrected chi connectivity index (χ3v) is 4.35. The Hall–Kier alpha value is -3.74. The lowest BCUT2D eigenvalue weighted by Gasteiger charge is -2.22. The van der Waals surface area contributed by atoms with Crippen LogP contribution in [-0.4, -0.2) is 26.9 Å². The molecule has 0 bridgehead atoms. The summed E-state index contributed by atoms with van der Waals surface area (Å²) in [4.78, 5) is 30.9. The predicted molar refractivity (Wildman–Crippen MR) is 96.7 cm³/mol. The molecule has 1 saturated heterocycles. The van der Waals surface area contributed by atoms with Crippen LogP contribution in [0, 0.1) is 6.92 Å². The maximum Gasteiger partial charge on any atom is 0.301 e. The molecule has 1 aliphatic rings. The molecular formula is C20H15N3O4. The Balaban J connectivity index is 1.94. The van der Waals surface area contributed by atoms with E-state index in [0.717, 1.165) is 0 Å². The fourth-order valence-electron chi connectivity index (χ4n) is 3.14. The summed E-state index contributed by atoms with van der Waals surface area (Å²) in [6.07, 6.45) is 3.14. The van der Waals surface area contributed by atoms with E-state index in [1.54, 1.807) is 67.8 Å². The molecule has 0 spiro atoms. The van der Waals surface area contributed by atoms with Crippen molar-refractivity contribution < 1.29 is 19.2 Å². The Bertz CT molecular complexity index is 1040. The normalized spacial score (nSPS) is 18.9. The van der Waals surface area contributed by atoms with Crippen molar-refractivity contribution in [2.75, 3.05) is 4.90 Å². The van der Waals surface area contributed by atoms with Gasteiger partial charge < -0.3 is 9.63 Å². The predicted octanol–water partition coefficient (Wildman–Crippen LogP) is 3.00. The van der Waals surface area contributed by atoms with Crippen LogP contribution in [0.2, 0.25) is 0 Å². The topological polar surface area (TPSA) is 96.5 Å². The molecule has 1 amide bonds. The van der Waals surface area contributed by atoms with Crippen molar-refractivity contribution in [3.8, 4) is 0 Å². The molecule has 7 nitrogen and oxygen atoms in total. The number of aliphatic hydroxyl groups excluding tert-OH is 1. The summed E-state index contributed by atoms with van der Waals surface area (Å²) in [5.41, 5.74) is 1.01. The van der Waals surface area contributed by atoms with Gasteiger partial charge in [0.15, 0.2) is 5.82 Å². The summed E-state index contributed by atoms with van der Waals surface area (Å²) < 4.78 is 5.08. The number of pyridine rings is 1. The second-order valence-corrected chi connectivity index (χ2v) is 6.12. The number of carbonyl (C=O) groups is 2. The number of aryl methyl sites for hydroxylation is 1. The molecule has 3 heterocycles. The molecule has 0 saturated carbocycles. The van der Waals surface area contributed by atoms with Crippen molar-refractivity contribution in [2.45, 2.75) is 13.0 Å². The summed E-state index contributed by atoms with van der Waals surface area (Å²) in [5, 5.41) is 14.7. The first-order valence-electron chi connectivity index (χ1n) is 8.27. The van der Waals surface area contributed by atoms with E-state index >= 15 is 0 Å². The van der Waals surface area contributed by atoms with Gasteiger partial charge in [-0.3, -0.25) is 19.5 Å². The number of Topliss-reactive ketones (excluding diaryl/α,β-unsaturated/α-hetero) is 1. The van der Waals surface area contributed by atoms with Crippen molar-refractivity contribution >= 4 is 23.3 Å². The average molecular weight is 361 g/mol. The maximum absolute atomic E-state index is 12.8. The van der Waals surface area contributed by atoms with Crippen molar-refractivity contribution in [3.05, 3.63) is 83.4 Å². The van der Waals surface area contributed by atoms with Crippen LogP contribution in [0.15, 0.2) is 71.0 Å². The van der Waals surface area contributed by atoms with Gasteiger partial charge in [0.05, 0.1) is 11.6 Å². The van der Waals surface area contributed by atoms with E-state index in [-0.39, 0.29) is 17.2 Å². The molecule has 2 aromatic heterocycles. The number of hydrogen-bond donors (Lipinski definition) is 1. The summed E-state index contributed by atoms with van der Waals surface area (Å²) in [5.74, 6) is -1.11. The minimum Gasteiger partial charge on any atom is -0.507 e. The van der Waals surface area contributed by atoms with E-state index in [9.17, 15) is 14.7 Å². The van der Waals surface area contributed by atoms with Gasteiger partial charge in [-0.1, -0.05) is 41.6 Å². The first-order chi connectivity index (χ1) is 13.1. The number of ketones is 1. The highest BCUT2D eigenvalue weighted by Gasteiger charge is 2.48. The Labute approximate surface area is 154 Å². The van der Waals surface area contributed by atoms with E-state index in [4.69, 9.17) is 4.52 Å². The van der Waals surface area contributed by atoms with E-state index < -0.39 is 17.7 Å². The summed E-state index contributed by atoms with van der Waals surface area (Å²) in [6.45, 7) is 1.69. The number of nitrogens with zero attached hydrogens (tertiary/aromatic N) is 3. The average Bonchev–Trinajstić information content (AvgIpc) is 3.24. The van der Waals surface area contributed by atoms with Crippen molar-refractivity contribution in [1.29, 1.82) is 0 Å². The smallest absolute Gasteiger partial charge is 0.301 e. The molecule has 134 valence electrons. The second kappa shape index (κ2) is 6.53. The number of carbonyl (C=O) groups excluding carboxylic acids is 2. The quantitative estimate of drug-likeness (QED) is 0.438. The Morgan fingerprint density at radius 2 is 1.93 bits per heavy atom. The molecule has 0 radical (unpaired) electrons. The van der Waals surface area contributed by atoms with Gasteiger partial charge in [-0.05, 0) is 18.6 Å². The molecule has 3 aromatic rings. The minimum absolute atomic E-state index is 0.0140. The molecular weight excluding hydrogens is 346 g/mol. The number of benzene rings is 1. The summed E-state index contributed by atoms with van der Waals surface area (Å²) in [6, 6.07) is 12.8. The monoisotopic (exact) mass is 361 g/mol. The van der Waals surface area contributed by atoms with Crippen LogP contribution in [-0.2, 0) is 9.59 Å².